The molecule has 4 nitrogen and oxygen atoms in total. The molecule has 7 aromatic carbocycles. The Labute approximate surface area is 352 Å². The fourth-order valence-electron chi connectivity index (χ4n) is 11.9. The second-order valence-electron chi connectivity index (χ2n) is 18.0. The lowest BCUT2D eigenvalue weighted by Crippen LogP contribution is -2.42. The number of aromatic nitrogens is 3. The molecule has 2 bridgehead atoms. The number of benzene rings is 7. The monoisotopic (exact) mass is 774 g/mol. The average molecular weight is 775 g/mol. The second-order valence-corrected chi connectivity index (χ2v) is 18.0. The van der Waals surface area contributed by atoms with Crippen molar-refractivity contribution in [2.75, 3.05) is 0 Å². The minimum Gasteiger partial charge on any atom is -0.208 e. The fourth-order valence-corrected chi connectivity index (χ4v) is 11.9. The number of hydrogen-bond donors (Lipinski definition) is 0. The summed E-state index contributed by atoms with van der Waals surface area (Å²) < 4.78 is 0. The van der Waals surface area contributed by atoms with Crippen molar-refractivity contribution in [1.82, 2.24) is 15.0 Å². The van der Waals surface area contributed by atoms with E-state index >= 15 is 0 Å². The maximum atomic E-state index is 9.76. The van der Waals surface area contributed by atoms with E-state index in [1.54, 1.807) is 0 Å². The molecule has 5 atom stereocenters. The lowest BCUT2D eigenvalue weighted by Gasteiger charge is -2.50. The molecular formula is C56H46N4. The highest BCUT2D eigenvalue weighted by molar-refractivity contribution is 5.91. The summed E-state index contributed by atoms with van der Waals surface area (Å²) >= 11 is 0. The highest BCUT2D eigenvalue weighted by Gasteiger charge is 2.48. The van der Waals surface area contributed by atoms with Gasteiger partial charge in [-0.05, 0) is 123 Å². The molecule has 2 saturated carbocycles. The van der Waals surface area contributed by atoms with Gasteiger partial charge in [-0.1, -0.05) is 159 Å². The zero-order chi connectivity index (χ0) is 40.4. The Hall–Kier alpha value is -6.70. The van der Waals surface area contributed by atoms with E-state index in [4.69, 9.17) is 15.0 Å². The van der Waals surface area contributed by atoms with Gasteiger partial charge in [0.05, 0.1) is 17.0 Å². The van der Waals surface area contributed by atoms with Crippen LogP contribution in [0.4, 0.5) is 0 Å². The van der Waals surface area contributed by atoms with E-state index in [2.05, 4.69) is 123 Å². The van der Waals surface area contributed by atoms with Gasteiger partial charge in [-0.25, -0.2) is 15.0 Å². The van der Waals surface area contributed by atoms with E-state index in [1.807, 2.05) is 60.7 Å². The van der Waals surface area contributed by atoms with Crippen molar-refractivity contribution in [2.24, 2.45) is 17.8 Å². The lowest BCUT2D eigenvalue weighted by atomic mass is 9.54. The lowest BCUT2D eigenvalue weighted by molar-refractivity contribution is 0.0780. The molecule has 11 rings (SSSR count). The predicted octanol–water partition coefficient (Wildman–Crippen LogP) is 13.4. The molecule has 0 spiro atoms. The predicted molar refractivity (Wildman–Crippen MR) is 242 cm³/mol. The molecule has 60 heavy (non-hydrogen) atoms. The molecule has 8 aromatic rings. The van der Waals surface area contributed by atoms with Crippen LogP contribution < -0.4 is 0 Å². The summed E-state index contributed by atoms with van der Waals surface area (Å²) in [7, 11) is 0. The first kappa shape index (κ1) is 36.4. The van der Waals surface area contributed by atoms with Crippen molar-refractivity contribution in [2.45, 2.75) is 56.8 Å². The Morgan fingerprint density at radius 3 is 1.80 bits per heavy atom. The summed E-state index contributed by atoms with van der Waals surface area (Å²) in [4.78, 5) is 15.4. The quantitative estimate of drug-likeness (QED) is 0.169. The van der Waals surface area contributed by atoms with Gasteiger partial charge < -0.3 is 0 Å². The summed E-state index contributed by atoms with van der Waals surface area (Å²) in [5.74, 6) is 4.20. The maximum absolute atomic E-state index is 9.76. The molecule has 0 saturated heterocycles. The van der Waals surface area contributed by atoms with Crippen LogP contribution >= 0.6 is 0 Å². The summed E-state index contributed by atoms with van der Waals surface area (Å²) in [6.07, 6.45) is 6.67. The third kappa shape index (κ3) is 5.82. The SMILES string of the molecule is C[C@@H]1CC2C[C@H](C)CC(c3ccc(C4(c5ccccc5)c5ccccc5-c5cc(-c6nc(-c7ccccc7)nc(-c7ccc8c(C#N)cccc8c7)n6)ccc54)cc3)(C2)C1. The highest BCUT2D eigenvalue weighted by atomic mass is 15.0. The number of hydrogen-bond acceptors (Lipinski definition) is 4. The first-order valence-electron chi connectivity index (χ1n) is 21.6. The first-order chi connectivity index (χ1) is 29.4. The molecule has 4 heteroatoms. The molecule has 0 aliphatic heterocycles. The number of nitriles is 1. The van der Waals surface area contributed by atoms with E-state index < -0.39 is 5.41 Å². The maximum Gasteiger partial charge on any atom is 0.164 e. The molecule has 3 unspecified atom stereocenters. The smallest absolute Gasteiger partial charge is 0.164 e. The van der Waals surface area contributed by atoms with Gasteiger partial charge in [0.1, 0.15) is 0 Å². The van der Waals surface area contributed by atoms with Crippen LogP contribution in [0.3, 0.4) is 0 Å². The van der Waals surface area contributed by atoms with Gasteiger partial charge in [-0.15, -0.1) is 0 Å². The van der Waals surface area contributed by atoms with Crippen LogP contribution in [0.25, 0.3) is 56.1 Å². The average Bonchev–Trinajstić information content (AvgIpc) is 3.59. The van der Waals surface area contributed by atoms with Crippen molar-refractivity contribution < 1.29 is 0 Å². The van der Waals surface area contributed by atoms with Crippen molar-refractivity contribution in [3.8, 4) is 51.4 Å². The Bertz CT molecular complexity index is 2950. The van der Waals surface area contributed by atoms with Crippen molar-refractivity contribution in [3.63, 3.8) is 0 Å². The molecule has 290 valence electrons. The summed E-state index contributed by atoms with van der Waals surface area (Å²) in [5.41, 5.74) is 12.2. The normalized spacial score (nSPS) is 22.8. The van der Waals surface area contributed by atoms with Gasteiger partial charge in [0.15, 0.2) is 17.5 Å². The van der Waals surface area contributed by atoms with E-state index in [-0.39, 0.29) is 5.41 Å². The van der Waals surface area contributed by atoms with E-state index in [0.717, 1.165) is 45.2 Å². The molecule has 1 aromatic heterocycles. The summed E-state index contributed by atoms with van der Waals surface area (Å²) in [5, 5.41) is 11.6. The van der Waals surface area contributed by atoms with Crippen LogP contribution in [0, 0.1) is 29.1 Å². The van der Waals surface area contributed by atoms with Crippen LogP contribution in [-0.2, 0) is 10.8 Å². The van der Waals surface area contributed by atoms with Gasteiger partial charge >= 0.3 is 0 Å². The fraction of sp³-hybridized carbons (Fsp3) is 0.214. The zero-order valence-electron chi connectivity index (χ0n) is 34.1. The molecule has 3 aliphatic carbocycles. The van der Waals surface area contributed by atoms with Gasteiger partial charge in [0.25, 0.3) is 0 Å². The van der Waals surface area contributed by atoms with Gasteiger partial charge in [-0.3, -0.25) is 0 Å². The van der Waals surface area contributed by atoms with Crippen molar-refractivity contribution in [3.05, 3.63) is 197 Å². The first-order valence-corrected chi connectivity index (χ1v) is 21.6. The van der Waals surface area contributed by atoms with Gasteiger partial charge in [0, 0.05) is 16.7 Å². The highest BCUT2D eigenvalue weighted by Crippen LogP contribution is 2.58. The van der Waals surface area contributed by atoms with Crippen LogP contribution in [0.5, 0.6) is 0 Å². The molecule has 1 heterocycles. The van der Waals surface area contributed by atoms with E-state index in [1.165, 1.54) is 71.0 Å². The minimum atomic E-state index is -0.503. The van der Waals surface area contributed by atoms with Gasteiger partial charge in [0.2, 0.25) is 0 Å². The summed E-state index contributed by atoms with van der Waals surface area (Å²) in [6, 6.07) is 61.1. The Kier molecular flexibility index (Phi) is 8.64. The zero-order valence-corrected chi connectivity index (χ0v) is 34.1. The number of nitrogens with zero attached hydrogens (tertiary/aromatic N) is 4. The molecule has 0 radical (unpaired) electrons. The van der Waals surface area contributed by atoms with Gasteiger partial charge in [-0.2, -0.15) is 5.26 Å². The third-order valence-corrected chi connectivity index (χ3v) is 14.0. The van der Waals surface area contributed by atoms with Crippen LogP contribution in [0.2, 0.25) is 0 Å². The summed E-state index contributed by atoms with van der Waals surface area (Å²) in [6.45, 7) is 4.96. The Morgan fingerprint density at radius 2 is 1.08 bits per heavy atom. The van der Waals surface area contributed by atoms with Crippen molar-refractivity contribution in [1.29, 1.82) is 5.26 Å². The molecule has 2 fully saturated rings. The molecule has 0 amide bonds. The Balaban J connectivity index is 1.08. The topological polar surface area (TPSA) is 62.5 Å². The van der Waals surface area contributed by atoms with Crippen LogP contribution in [0.15, 0.2) is 164 Å². The molecule has 3 aliphatic rings. The van der Waals surface area contributed by atoms with Crippen molar-refractivity contribution >= 4 is 10.8 Å². The second kappa shape index (κ2) is 14.2. The Morgan fingerprint density at radius 1 is 0.500 bits per heavy atom. The molecule has 0 N–H and O–H groups in total. The number of rotatable bonds is 6. The molecular weight excluding hydrogens is 729 g/mol. The third-order valence-electron chi connectivity index (χ3n) is 14.0. The van der Waals surface area contributed by atoms with Crippen LogP contribution in [0.1, 0.15) is 79.3 Å². The minimum absolute atomic E-state index is 0.271. The number of fused-ring (bicyclic) bond motifs is 6. The van der Waals surface area contributed by atoms with E-state index in [9.17, 15) is 5.26 Å². The van der Waals surface area contributed by atoms with Crippen LogP contribution in [-0.4, -0.2) is 15.0 Å². The largest absolute Gasteiger partial charge is 0.208 e. The van der Waals surface area contributed by atoms with E-state index in [0.29, 0.717) is 23.0 Å². The standard InChI is InChI=1S/C56H46N4/c1-36-28-38-29-37(2)33-55(32-36,34-38)44-22-24-46(25-23-44)56(45-16-7-4-8-17-45)50-19-10-9-18-48(50)49-31-42(21-27-51(49)56)54-59-52(39-12-5-3-6-13-39)58-53(60-54)41-20-26-47-40(30-41)14-11-15-43(47)35-57/h3-27,30-31,36-38H,28-29,32-34H2,1-2H3/t36-,37+,38?,55?,56?.